The van der Waals surface area contributed by atoms with Crippen LogP contribution in [0.4, 0.5) is 0 Å². The number of carboxylic acids is 1. The maximum Gasteiger partial charge on any atom is 0.304 e. The van der Waals surface area contributed by atoms with Crippen molar-refractivity contribution >= 4 is 5.97 Å². The van der Waals surface area contributed by atoms with Crippen LogP contribution in [0.1, 0.15) is 26.1 Å². The molecule has 0 fully saturated rings. The topological polar surface area (TPSA) is 55.1 Å². The lowest BCUT2D eigenvalue weighted by atomic mass is 9.88. The first-order chi connectivity index (χ1) is 5.93. The number of aryl methyl sites for hydroxylation is 1. The van der Waals surface area contributed by atoms with Crippen molar-refractivity contribution in [3.63, 3.8) is 0 Å². The third-order valence-corrected chi connectivity index (χ3v) is 2.02. The Labute approximate surface area is 77.2 Å². The molecule has 1 N–H and O–H groups in total. The fraction of sp³-hybridized carbons (Fsp3) is 0.556. The average Bonchev–Trinajstić information content (AvgIpc) is 2.32. The van der Waals surface area contributed by atoms with E-state index in [2.05, 4.69) is 4.98 Å². The first kappa shape index (κ1) is 9.77. The molecular formula is C9H14N2O2. The smallest absolute Gasteiger partial charge is 0.304 e. The number of carboxylic acid groups (broad SMARTS) is 1. The van der Waals surface area contributed by atoms with Gasteiger partial charge in [0.2, 0.25) is 0 Å². The molecule has 0 aliphatic heterocycles. The minimum Gasteiger partial charge on any atom is -0.481 e. The predicted molar refractivity (Wildman–Crippen MR) is 48.5 cm³/mol. The van der Waals surface area contributed by atoms with Gasteiger partial charge in [0.25, 0.3) is 0 Å². The normalized spacial score (nSPS) is 11.6. The average molecular weight is 182 g/mol. The Morgan fingerprint density at radius 1 is 1.69 bits per heavy atom. The second-order valence-corrected chi connectivity index (χ2v) is 3.82. The molecule has 0 unspecified atom stereocenters. The fourth-order valence-corrected chi connectivity index (χ4v) is 1.47. The lowest BCUT2D eigenvalue weighted by molar-refractivity contribution is -0.138. The van der Waals surface area contributed by atoms with Crippen molar-refractivity contribution in [2.45, 2.75) is 25.7 Å². The Morgan fingerprint density at radius 2 is 2.31 bits per heavy atom. The molecule has 13 heavy (non-hydrogen) atoms. The number of aromatic nitrogens is 2. The van der Waals surface area contributed by atoms with Crippen LogP contribution < -0.4 is 0 Å². The second kappa shape index (κ2) is 3.20. The lowest BCUT2D eigenvalue weighted by Crippen LogP contribution is -2.25. The van der Waals surface area contributed by atoms with Gasteiger partial charge in [0, 0.05) is 24.9 Å². The molecule has 0 aliphatic carbocycles. The highest BCUT2D eigenvalue weighted by Crippen LogP contribution is 2.24. The Kier molecular flexibility index (Phi) is 2.40. The number of aliphatic carboxylic acids is 1. The molecule has 0 radical (unpaired) electrons. The number of hydrogen-bond donors (Lipinski definition) is 1. The van der Waals surface area contributed by atoms with E-state index in [0.717, 1.165) is 5.82 Å². The Morgan fingerprint density at radius 3 is 2.69 bits per heavy atom. The minimum atomic E-state index is -0.798. The third-order valence-electron chi connectivity index (χ3n) is 2.02. The summed E-state index contributed by atoms with van der Waals surface area (Å²) in [6, 6.07) is 0. The Bertz CT molecular complexity index is 315. The monoisotopic (exact) mass is 182 g/mol. The highest BCUT2D eigenvalue weighted by atomic mass is 16.4. The van der Waals surface area contributed by atoms with Crippen molar-refractivity contribution in [2.75, 3.05) is 0 Å². The van der Waals surface area contributed by atoms with E-state index < -0.39 is 11.4 Å². The van der Waals surface area contributed by atoms with Crippen LogP contribution >= 0.6 is 0 Å². The van der Waals surface area contributed by atoms with Crippen LogP contribution in [0.25, 0.3) is 0 Å². The summed E-state index contributed by atoms with van der Waals surface area (Å²) in [5, 5.41) is 8.70. The van der Waals surface area contributed by atoms with Crippen molar-refractivity contribution in [2.24, 2.45) is 7.05 Å². The molecule has 1 aromatic heterocycles. The van der Waals surface area contributed by atoms with Crippen molar-refractivity contribution in [3.05, 3.63) is 18.2 Å². The van der Waals surface area contributed by atoms with Gasteiger partial charge in [0.05, 0.1) is 6.42 Å². The number of carbonyl (C=O) groups is 1. The van der Waals surface area contributed by atoms with Gasteiger partial charge in [0.15, 0.2) is 0 Å². The Hall–Kier alpha value is -1.32. The third kappa shape index (κ3) is 2.08. The van der Waals surface area contributed by atoms with E-state index >= 15 is 0 Å². The molecule has 0 spiro atoms. The molecule has 0 bridgehead atoms. The van der Waals surface area contributed by atoms with E-state index in [-0.39, 0.29) is 6.42 Å². The minimum absolute atomic E-state index is 0.0951. The van der Waals surface area contributed by atoms with Gasteiger partial charge in [-0.1, -0.05) is 13.8 Å². The van der Waals surface area contributed by atoms with E-state index in [9.17, 15) is 4.79 Å². The SMILES string of the molecule is Cn1ccnc1C(C)(C)CC(=O)O. The molecule has 1 heterocycles. The standard InChI is InChI=1S/C9H14N2O2/c1-9(2,6-7(12)13)8-10-4-5-11(8)3/h4-5H,6H2,1-3H3,(H,12,13). The zero-order valence-electron chi connectivity index (χ0n) is 8.11. The molecule has 72 valence electrons. The summed E-state index contributed by atoms with van der Waals surface area (Å²) in [6.45, 7) is 3.76. The van der Waals surface area contributed by atoms with Gasteiger partial charge in [-0.3, -0.25) is 4.79 Å². The molecule has 0 saturated heterocycles. The van der Waals surface area contributed by atoms with Crippen molar-refractivity contribution in [1.82, 2.24) is 9.55 Å². The van der Waals surface area contributed by atoms with Crippen LogP contribution in [-0.2, 0) is 17.3 Å². The second-order valence-electron chi connectivity index (χ2n) is 3.82. The fourth-order valence-electron chi connectivity index (χ4n) is 1.47. The lowest BCUT2D eigenvalue weighted by Gasteiger charge is -2.21. The maximum atomic E-state index is 10.6. The molecule has 0 atom stereocenters. The van der Waals surface area contributed by atoms with Gasteiger partial charge in [-0.05, 0) is 0 Å². The number of nitrogens with zero attached hydrogens (tertiary/aromatic N) is 2. The molecule has 1 rings (SSSR count). The summed E-state index contributed by atoms with van der Waals surface area (Å²) in [4.78, 5) is 14.7. The summed E-state index contributed by atoms with van der Waals surface area (Å²) in [7, 11) is 1.87. The van der Waals surface area contributed by atoms with E-state index in [0.29, 0.717) is 0 Å². The predicted octanol–water partition coefficient (Wildman–Crippen LogP) is 1.17. The molecule has 4 nitrogen and oxygen atoms in total. The van der Waals surface area contributed by atoms with E-state index in [1.165, 1.54) is 0 Å². The van der Waals surface area contributed by atoms with E-state index in [1.807, 2.05) is 31.7 Å². The van der Waals surface area contributed by atoms with Crippen molar-refractivity contribution in [1.29, 1.82) is 0 Å². The van der Waals surface area contributed by atoms with Crippen LogP contribution in [0.2, 0.25) is 0 Å². The van der Waals surface area contributed by atoms with Gasteiger partial charge >= 0.3 is 5.97 Å². The summed E-state index contributed by atoms with van der Waals surface area (Å²) in [6.07, 6.45) is 3.59. The number of hydrogen-bond acceptors (Lipinski definition) is 2. The zero-order valence-corrected chi connectivity index (χ0v) is 8.11. The summed E-state index contributed by atoms with van der Waals surface area (Å²) >= 11 is 0. The maximum absolute atomic E-state index is 10.6. The quantitative estimate of drug-likeness (QED) is 0.763. The molecule has 0 aliphatic rings. The van der Waals surface area contributed by atoms with Gasteiger partial charge in [-0.2, -0.15) is 0 Å². The molecule has 0 saturated carbocycles. The summed E-state index contributed by atoms with van der Waals surface area (Å²) < 4.78 is 1.85. The van der Waals surface area contributed by atoms with Gasteiger partial charge in [0.1, 0.15) is 5.82 Å². The highest BCUT2D eigenvalue weighted by Gasteiger charge is 2.27. The molecular weight excluding hydrogens is 168 g/mol. The van der Waals surface area contributed by atoms with Crippen LogP contribution in [0.5, 0.6) is 0 Å². The molecule has 0 amide bonds. The van der Waals surface area contributed by atoms with Gasteiger partial charge in [-0.15, -0.1) is 0 Å². The van der Waals surface area contributed by atoms with Crippen LogP contribution in [-0.4, -0.2) is 20.6 Å². The van der Waals surface area contributed by atoms with Crippen molar-refractivity contribution < 1.29 is 9.90 Å². The molecule has 4 heteroatoms. The van der Waals surface area contributed by atoms with Crippen LogP contribution in [0, 0.1) is 0 Å². The van der Waals surface area contributed by atoms with Gasteiger partial charge < -0.3 is 9.67 Å². The summed E-state index contributed by atoms with van der Waals surface area (Å²) in [5.74, 6) is 0.00269. The first-order valence-electron chi connectivity index (χ1n) is 4.13. The van der Waals surface area contributed by atoms with E-state index in [1.54, 1.807) is 6.20 Å². The summed E-state index contributed by atoms with van der Waals surface area (Å²) in [5.41, 5.74) is -0.413. The van der Waals surface area contributed by atoms with Crippen LogP contribution in [0.15, 0.2) is 12.4 Å². The highest BCUT2D eigenvalue weighted by molar-refractivity contribution is 5.68. The Balaban J connectivity index is 2.93. The molecule has 0 aromatic carbocycles. The van der Waals surface area contributed by atoms with Crippen molar-refractivity contribution in [3.8, 4) is 0 Å². The number of imidazole rings is 1. The first-order valence-corrected chi connectivity index (χ1v) is 4.13. The van der Waals surface area contributed by atoms with Gasteiger partial charge in [-0.25, -0.2) is 4.98 Å². The van der Waals surface area contributed by atoms with E-state index in [4.69, 9.17) is 5.11 Å². The van der Waals surface area contributed by atoms with Crippen LogP contribution in [0.3, 0.4) is 0 Å². The zero-order chi connectivity index (χ0) is 10.1. The largest absolute Gasteiger partial charge is 0.481 e. The number of rotatable bonds is 3. The molecule has 1 aromatic rings.